The molecule has 0 aliphatic carbocycles. The molecule has 2 heteroatoms. The maximum atomic E-state index is 6.13. The van der Waals surface area contributed by atoms with Crippen molar-refractivity contribution in [3.05, 3.63) is 35.4 Å². The molecule has 1 rings (SSSR count). The first-order chi connectivity index (χ1) is 7.27. The first kappa shape index (κ1) is 12.6. The van der Waals surface area contributed by atoms with Gasteiger partial charge in [-0.1, -0.05) is 44.5 Å². The van der Waals surface area contributed by atoms with E-state index in [0.717, 1.165) is 17.9 Å². The molecule has 1 aromatic rings. The Morgan fingerprint density at radius 1 is 1.33 bits per heavy atom. The number of hydrogen-bond donors (Lipinski definition) is 1. The summed E-state index contributed by atoms with van der Waals surface area (Å²) in [5.41, 5.74) is 8.81. The molecule has 0 aliphatic heterocycles. The molecule has 0 fully saturated rings. The van der Waals surface area contributed by atoms with Gasteiger partial charge >= 0.3 is 0 Å². The summed E-state index contributed by atoms with van der Waals surface area (Å²) < 4.78 is 0. The van der Waals surface area contributed by atoms with Crippen molar-refractivity contribution >= 4 is 11.8 Å². The second kappa shape index (κ2) is 6.91. The molecule has 0 spiro atoms. The highest BCUT2D eigenvalue weighted by molar-refractivity contribution is 7.99. The summed E-state index contributed by atoms with van der Waals surface area (Å²) in [5.74, 6) is 2.16. The van der Waals surface area contributed by atoms with Crippen molar-refractivity contribution in [3.63, 3.8) is 0 Å². The van der Waals surface area contributed by atoms with E-state index < -0.39 is 0 Å². The van der Waals surface area contributed by atoms with Gasteiger partial charge in [0.2, 0.25) is 0 Å². The van der Waals surface area contributed by atoms with Crippen molar-refractivity contribution in [2.24, 2.45) is 5.73 Å². The normalized spacial score (nSPS) is 12.7. The number of hydrogen-bond acceptors (Lipinski definition) is 2. The molecule has 0 aliphatic rings. The topological polar surface area (TPSA) is 26.0 Å². The molecule has 0 heterocycles. The fourth-order valence-corrected chi connectivity index (χ4v) is 2.29. The average Bonchev–Trinajstić information content (AvgIpc) is 2.27. The first-order valence-electron chi connectivity index (χ1n) is 5.70. The SMILES string of the molecule is CCCc1cccc(C(N)CSCC)c1. The minimum Gasteiger partial charge on any atom is -0.323 e. The molecule has 0 amide bonds. The summed E-state index contributed by atoms with van der Waals surface area (Å²) >= 11 is 1.91. The highest BCUT2D eigenvalue weighted by atomic mass is 32.2. The number of nitrogens with two attached hydrogens (primary N) is 1. The maximum Gasteiger partial charge on any atom is 0.0386 e. The minimum absolute atomic E-state index is 0.187. The van der Waals surface area contributed by atoms with Gasteiger partial charge in [-0.05, 0) is 23.3 Å². The van der Waals surface area contributed by atoms with Gasteiger partial charge in [-0.25, -0.2) is 0 Å². The molecule has 1 aromatic carbocycles. The van der Waals surface area contributed by atoms with E-state index in [1.807, 2.05) is 11.8 Å². The number of rotatable bonds is 6. The quantitative estimate of drug-likeness (QED) is 0.800. The van der Waals surface area contributed by atoms with Crippen LogP contribution in [0.1, 0.15) is 37.4 Å². The second-order valence-electron chi connectivity index (χ2n) is 3.76. The van der Waals surface area contributed by atoms with Crippen LogP contribution in [0.2, 0.25) is 0 Å². The van der Waals surface area contributed by atoms with Crippen LogP contribution >= 0.6 is 11.8 Å². The summed E-state index contributed by atoms with van der Waals surface area (Å²) in [6.45, 7) is 4.38. The van der Waals surface area contributed by atoms with Crippen LogP contribution < -0.4 is 5.73 Å². The molecule has 15 heavy (non-hydrogen) atoms. The lowest BCUT2D eigenvalue weighted by atomic mass is 10.0. The minimum atomic E-state index is 0.187. The maximum absolute atomic E-state index is 6.13. The molecule has 0 aromatic heterocycles. The molecule has 1 atom stereocenters. The van der Waals surface area contributed by atoms with Gasteiger partial charge in [-0.3, -0.25) is 0 Å². The number of aryl methyl sites for hydroxylation is 1. The van der Waals surface area contributed by atoms with Crippen LogP contribution in [0, 0.1) is 0 Å². The van der Waals surface area contributed by atoms with Crippen molar-refractivity contribution in [3.8, 4) is 0 Å². The van der Waals surface area contributed by atoms with Gasteiger partial charge in [0.05, 0.1) is 0 Å². The van der Waals surface area contributed by atoms with Crippen LogP contribution in [0.25, 0.3) is 0 Å². The monoisotopic (exact) mass is 223 g/mol. The Morgan fingerprint density at radius 3 is 2.80 bits per heavy atom. The molecule has 1 unspecified atom stereocenters. The standard InChI is InChI=1S/C13H21NS/c1-3-6-11-7-5-8-12(9-11)13(14)10-15-4-2/h5,7-9,13H,3-4,6,10,14H2,1-2H3. The van der Waals surface area contributed by atoms with Gasteiger partial charge in [0.1, 0.15) is 0 Å². The second-order valence-corrected chi connectivity index (χ2v) is 5.08. The highest BCUT2D eigenvalue weighted by Crippen LogP contribution is 2.17. The van der Waals surface area contributed by atoms with Crippen LogP contribution in [-0.2, 0) is 6.42 Å². The van der Waals surface area contributed by atoms with E-state index in [1.165, 1.54) is 17.5 Å². The van der Waals surface area contributed by atoms with Crippen LogP contribution in [0.15, 0.2) is 24.3 Å². The largest absolute Gasteiger partial charge is 0.323 e. The van der Waals surface area contributed by atoms with E-state index in [0.29, 0.717) is 0 Å². The lowest BCUT2D eigenvalue weighted by Gasteiger charge is -2.12. The van der Waals surface area contributed by atoms with Gasteiger partial charge in [0.15, 0.2) is 0 Å². The van der Waals surface area contributed by atoms with E-state index in [4.69, 9.17) is 5.73 Å². The Hall–Kier alpha value is -0.470. The highest BCUT2D eigenvalue weighted by Gasteiger charge is 2.05. The number of benzene rings is 1. The molecule has 2 N–H and O–H groups in total. The third-order valence-electron chi connectivity index (χ3n) is 2.42. The van der Waals surface area contributed by atoms with E-state index in [1.54, 1.807) is 0 Å². The van der Waals surface area contributed by atoms with E-state index in [2.05, 4.69) is 38.1 Å². The van der Waals surface area contributed by atoms with E-state index in [-0.39, 0.29) is 6.04 Å². The van der Waals surface area contributed by atoms with Gasteiger partial charge in [-0.2, -0.15) is 11.8 Å². The summed E-state index contributed by atoms with van der Waals surface area (Å²) in [6, 6.07) is 8.89. The molecule has 0 saturated heterocycles. The molecule has 0 bridgehead atoms. The Kier molecular flexibility index (Phi) is 5.81. The van der Waals surface area contributed by atoms with Gasteiger partial charge in [-0.15, -0.1) is 0 Å². The van der Waals surface area contributed by atoms with Crippen LogP contribution in [-0.4, -0.2) is 11.5 Å². The molecule has 0 radical (unpaired) electrons. The zero-order chi connectivity index (χ0) is 11.1. The fraction of sp³-hybridized carbons (Fsp3) is 0.538. The van der Waals surface area contributed by atoms with Gasteiger partial charge in [0, 0.05) is 11.8 Å². The number of thioether (sulfide) groups is 1. The molecule has 0 saturated carbocycles. The van der Waals surface area contributed by atoms with Crippen molar-refractivity contribution in [2.75, 3.05) is 11.5 Å². The zero-order valence-electron chi connectivity index (χ0n) is 9.70. The molecular formula is C13H21NS. The van der Waals surface area contributed by atoms with Crippen molar-refractivity contribution < 1.29 is 0 Å². The lowest BCUT2D eigenvalue weighted by Crippen LogP contribution is -2.13. The Labute approximate surface area is 97.4 Å². The Balaban J connectivity index is 2.62. The summed E-state index contributed by atoms with van der Waals surface area (Å²) in [5, 5.41) is 0. The van der Waals surface area contributed by atoms with Crippen molar-refractivity contribution in [1.29, 1.82) is 0 Å². The zero-order valence-corrected chi connectivity index (χ0v) is 10.5. The molecular weight excluding hydrogens is 202 g/mol. The van der Waals surface area contributed by atoms with Crippen LogP contribution in [0.4, 0.5) is 0 Å². The third-order valence-corrected chi connectivity index (χ3v) is 3.42. The van der Waals surface area contributed by atoms with Crippen LogP contribution in [0.5, 0.6) is 0 Å². The smallest absolute Gasteiger partial charge is 0.0386 e. The van der Waals surface area contributed by atoms with Gasteiger partial charge < -0.3 is 5.73 Å². The van der Waals surface area contributed by atoms with Gasteiger partial charge in [0.25, 0.3) is 0 Å². The predicted molar refractivity (Wildman–Crippen MR) is 70.4 cm³/mol. The first-order valence-corrected chi connectivity index (χ1v) is 6.85. The van der Waals surface area contributed by atoms with Crippen molar-refractivity contribution in [1.82, 2.24) is 0 Å². The Bertz CT molecular complexity index is 286. The molecule has 1 nitrogen and oxygen atoms in total. The summed E-state index contributed by atoms with van der Waals surface area (Å²) in [6.07, 6.45) is 2.35. The summed E-state index contributed by atoms with van der Waals surface area (Å²) in [4.78, 5) is 0. The molecule has 84 valence electrons. The van der Waals surface area contributed by atoms with Crippen LogP contribution in [0.3, 0.4) is 0 Å². The lowest BCUT2D eigenvalue weighted by molar-refractivity contribution is 0.824. The Morgan fingerprint density at radius 2 is 2.13 bits per heavy atom. The predicted octanol–water partition coefficient (Wildman–Crippen LogP) is 3.39. The summed E-state index contributed by atoms with van der Waals surface area (Å²) in [7, 11) is 0. The van der Waals surface area contributed by atoms with Crippen molar-refractivity contribution in [2.45, 2.75) is 32.7 Å². The third kappa shape index (κ3) is 4.27. The van der Waals surface area contributed by atoms with E-state index in [9.17, 15) is 0 Å². The average molecular weight is 223 g/mol. The van der Waals surface area contributed by atoms with E-state index >= 15 is 0 Å². The fourth-order valence-electron chi connectivity index (χ4n) is 1.61.